The number of carbonyl (C=O) groups is 1. The van der Waals surface area contributed by atoms with Crippen molar-refractivity contribution >= 4 is 17.4 Å². The van der Waals surface area contributed by atoms with Crippen molar-refractivity contribution in [1.29, 1.82) is 0 Å². The van der Waals surface area contributed by atoms with E-state index in [1.165, 1.54) is 0 Å². The third-order valence-corrected chi connectivity index (χ3v) is 3.79. The van der Waals surface area contributed by atoms with Gasteiger partial charge in [-0.05, 0) is 25.3 Å². The summed E-state index contributed by atoms with van der Waals surface area (Å²) in [5.74, 6) is 0.746. The molecule has 1 atom stereocenters. The molecule has 0 aliphatic heterocycles. The predicted octanol–water partition coefficient (Wildman–Crippen LogP) is 2.95. The summed E-state index contributed by atoms with van der Waals surface area (Å²) in [4.78, 5) is 14.7. The Bertz CT molecular complexity index is 536. The molecule has 2 amide bonds. The minimum atomic E-state index is -0.124. The second-order valence-electron chi connectivity index (χ2n) is 4.47. The molecule has 0 unspecified atom stereocenters. The summed E-state index contributed by atoms with van der Waals surface area (Å²) in [5.41, 5.74) is 0.749. The minimum absolute atomic E-state index is 0.00833. The van der Waals surface area contributed by atoms with Crippen LogP contribution in [0, 0.1) is 6.92 Å². The Morgan fingerprint density at radius 3 is 3.00 bits per heavy atom. The highest BCUT2D eigenvalue weighted by Gasteiger charge is 2.15. The lowest BCUT2D eigenvalue weighted by Crippen LogP contribution is -2.38. The van der Waals surface area contributed by atoms with Crippen molar-refractivity contribution in [3.05, 3.63) is 39.9 Å². The lowest BCUT2D eigenvalue weighted by molar-refractivity contribution is 0.202. The maximum absolute atomic E-state index is 12.0. The van der Waals surface area contributed by atoms with Crippen LogP contribution in [0.2, 0.25) is 0 Å². The van der Waals surface area contributed by atoms with Crippen LogP contribution in [0.4, 0.5) is 4.79 Å². The normalized spacial score (nSPS) is 12.2. The number of carbonyl (C=O) groups excluding carboxylic acids is 1. The second kappa shape index (κ2) is 5.88. The van der Waals surface area contributed by atoms with Gasteiger partial charge in [-0.15, -0.1) is 11.3 Å². The fourth-order valence-corrected chi connectivity index (χ4v) is 2.45. The summed E-state index contributed by atoms with van der Waals surface area (Å²) in [7, 11) is 1.74. The van der Waals surface area contributed by atoms with E-state index in [4.69, 9.17) is 4.52 Å². The number of nitrogens with one attached hydrogen (secondary N) is 1. The van der Waals surface area contributed by atoms with Gasteiger partial charge in [0.15, 0.2) is 0 Å². The molecular formula is C13H17N3O2S. The highest BCUT2D eigenvalue weighted by atomic mass is 32.1. The summed E-state index contributed by atoms with van der Waals surface area (Å²) in [6.07, 6.45) is 0. The van der Waals surface area contributed by atoms with Crippen molar-refractivity contribution in [1.82, 2.24) is 15.4 Å². The maximum atomic E-state index is 12.0. The SMILES string of the molecule is Cc1cc(CN(C)C(=O)N[C@H](C)c2cccs2)no1. The van der Waals surface area contributed by atoms with Gasteiger partial charge in [0.25, 0.3) is 0 Å². The molecule has 2 aromatic rings. The van der Waals surface area contributed by atoms with Crippen LogP contribution in [0.3, 0.4) is 0 Å². The smallest absolute Gasteiger partial charge is 0.317 e. The van der Waals surface area contributed by atoms with E-state index in [0.717, 1.165) is 16.3 Å². The van der Waals surface area contributed by atoms with Crippen molar-refractivity contribution in [2.24, 2.45) is 0 Å². The summed E-state index contributed by atoms with van der Waals surface area (Å²) < 4.78 is 4.98. The quantitative estimate of drug-likeness (QED) is 0.936. The first kappa shape index (κ1) is 13.6. The van der Waals surface area contributed by atoms with Gasteiger partial charge in [-0.3, -0.25) is 0 Å². The molecule has 0 aliphatic carbocycles. The van der Waals surface area contributed by atoms with E-state index < -0.39 is 0 Å². The van der Waals surface area contributed by atoms with Crippen LogP contribution in [-0.2, 0) is 6.54 Å². The van der Waals surface area contributed by atoms with Gasteiger partial charge < -0.3 is 14.7 Å². The van der Waals surface area contributed by atoms with Crippen LogP contribution < -0.4 is 5.32 Å². The highest BCUT2D eigenvalue weighted by molar-refractivity contribution is 7.10. The van der Waals surface area contributed by atoms with Crippen molar-refractivity contribution in [3.63, 3.8) is 0 Å². The van der Waals surface area contributed by atoms with Crippen LogP contribution in [0.5, 0.6) is 0 Å². The third-order valence-electron chi connectivity index (χ3n) is 2.73. The molecule has 0 fully saturated rings. The van der Waals surface area contributed by atoms with E-state index in [-0.39, 0.29) is 12.1 Å². The molecule has 2 heterocycles. The van der Waals surface area contributed by atoms with E-state index in [2.05, 4.69) is 10.5 Å². The number of aromatic nitrogens is 1. The van der Waals surface area contributed by atoms with Crippen molar-refractivity contribution < 1.29 is 9.32 Å². The fourth-order valence-electron chi connectivity index (χ4n) is 1.71. The zero-order chi connectivity index (χ0) is 13.8. The van der Waals surface area contributed by atoms with E-state index in [0.29, 0.717) is 6.54 Å². The largest absolute Gasteiger partial charge is 0.361 e. The molecule has 19 heavy (non-hydrogen) atoms. The summed E-state index contributed by atoms with van der Waals surface area (Å²) >= 11 is 1.63. The fraction of sp³-hybridized carbons (Fsp3) is 0.385. The molecular weight excluding hydrogens is 262 g/mol. The number of aryl methyl sites for hydroxylation is 1. The molecule has 0 saturated heterocycles. The Hall–Kier alpha value is -1.82. The number of nitrogens with zero attached hydrogens (tertiary/aromatic N) is 2. The number of rotatable bonds is 4. The first-order valence-corrected chi connectivity index (χ1v) is 6.91. The van der Waals surface area contributed by atoms with Crippen LogP contribution in [0.1, 0.15) is 29.3 Å². The third kappa shape index (κ3) is 3.57. The van der Waals surface area contributed by atoms with E-state index >= 15 is 0 Å². The van der Waals surface area contributed by atoms with Gasteiger partial charge in [-0.25, -0.2) is 4.79 Å². The highest BCUT2D eigenvalue weighted by Crippen LogP contribution is 2.18. The van der Waals surface area contributed by atoms with Crippen LogP contribution in [0.15, 0.2) is 28.1 Å². The Morgan fingerprint density at radius 2 is 2.42 bits per heavy atom. The molecule has 1 N–H and O–H groups in total. The average Bonchev–Trinajstić information content (AvgIpc) is 3.00. The van der Waals surface area contributed by atoms with Gasteiger partial charge in [0.05, 0.1) is 12.6 Å². The first-order chi connectivity index (χ1) is 9.06. The summed E-state index contributed by atoms with van der Waals surface area (Å²) in [5, 5.41) is 8.82. The van der Waals surface area contributed by atoms with Gasteiger partial charge in [0.2, 0.25) is 0 Å². The molecule has 0 spiro atoms. The molecule has 5 nitrogen and oxygen atoms in total. The maximum Gasteiger partial charge on any atom is 0.317 e. The zero-order valence-electron chi connectivity index (χ0n) is 11.2. The number of hydrogen-bond donors (Lipinski definition) is 1. The monoisotopic (exact) mass is 279 g/mol. The molecule has 102 valence electrons. The lowest BCUT2D eigenvalue weighted by atomic mass is 10.3. The molecule has 0 aliphatic rings. The van der Waals surface area contributed by atoms with Crippen LogP contribution in [-0.4, -0.2) is 23.1 Å². The van der Waals surface area contributed by atoms with Gasteiger partial charge in [0.1, 0.15) is 11.5 Å². The molecule has 0 saturated carbocycles. The number of thiophene rings is 1. The topological polar surface area (TPSA) is 58.4 Å². The Kier molecular flexibility index (Phi) is 4.21. The van der Waals surface area contributed by atoms with Crippen molar-refractivity contribution in [3.8, 4) is 0 Å². The van der Waals surface area contributed by atoms with Crippen LogP contribution in [0.25, 0.3) is 0 Å². The number of urea groups is 1. The Balaban J connectivity index is 1.89. The molecule has 2 rings (SSSR count). The van der Waals surface area contributed by atoms with Crippen molar-refractivity contribution in [2.45, 2.75) is 26.4 Å². The summed E-state index contributed by atoms with van der Waals surface area (Å²) in [6.45, 7) is 4.23. The summed E-state index contributed by atoms with van der Waals surface area (Å²) in [6, 6.07) is 5.70. The van der Waals surface area contributed by atoms with Gasteiger partial charge in [-0.2, -0.15) is 0 Å². The first-order valence-electron chi connectivity index (χ1n) is 6.03. The number of amides is 2. The predicted molar refractivity (Wildman–Crippen MR) is 74.0 cm³/mol. The van der Waals surface area contributed by atoms with Crippen molar-refractivity contribution in [2.75, 3.05) is 7.05 Å². The molecule has 6 heteroatoms. The van der Waals surface area contributed by atoms with E-state index in [1.54, 1.807) is 23.3 Å². The van der Waals surface area contributed by atoms with E-state index in [9.17, 15) is 4.79 Å². The van der Waals surface area contributed by atoms with Gasteiger partial charge in [-0.1, -0.05) is 11.2 Å². The van der Waals surface area contributed by atoms with E-state index in [1.807, 2.05) is 37.4 Å². The number of hydrogen-bond acceptors (Lipinski definition) is 4. The minimum Gasteiger partial charge on any atom is -0.361 e. The second-order valence-corrected chi connectivity index (χ2v) is 5.45. The molecule has 0 radical (unpaired) electrons. The zero-order valence-corrected chi connectivity index (χ0v) is 12.0. The van der Waals surface area contributed by atoms with Gasteiger partial charge in [0, 0.05) is 18.0 Å². The molecule has 0 aromatic carbocycles. The Morgan fingerprint density at radius 1 is 1.63 bits per heavy atom. The molecule has 2 aromatic heterocycles. The lowest BCUT2D eigenvalue weighted by Gasteiger charge is -2.19. The standard InChI is InChI=1S/C13H17N3O2S/c1-9-7-11(15-18-9)8-16(3)13(17)14-10(2)12-5-4-6-19-12/h4-7,10H,8H2,1-3H3,(H,14,17)/t10-/m1/s1. The van der Waals surface area contributed by atoms with Crippen LogP contribution >= 0.6 is 11.3 Å². The Labute approximate surface area is 116 Å². The average molecular weight is 279 g/mol. The molecule has 0 bridgehead atoms. The van der Waals surface area contributed by atoms with Gasteiger partial charge >= 0.3 is 6.03 Å².